The summed E-state index contributed by atoms with van der Waals surface area (Å²) in [6.45, 7) is 10.1. The predicted molar refractivity (Wildman–Crippen MR) is 263 cm³/mol. The Balaban J connectivity index is 0.000000297. The van der Waals surface area contributed by atoms with Crippen molar-refractivity contribution in [2.24, 2.45) is 17.2 Å². The number of esters is 1. The topological polar surface area (TPSA) is 271 Å². The zero-order valence-corrected chi connectivity index (χ0v) is 42.4. The van der Waals surface area contributed by atoms with Crippen molar-refractivity contribution in [1.82, 2.24) is 26.6 Å². The van der Waals surface area contributed by atoms with Crippen molar-refractivity contribution < 1.29 is 69.9 Å². The van der Waals surface area contributed by atoms with Gasteiger partial charge in [-0.2, -0.15) is 32.3 Å². The van der Waals surface area contributed by atoms with Gasteiger partial charge in [0.15, 0.2) is 11.6 Å². The van der Waals surface area contributed by atoms with Crippen LogP contribution in [0.2, 0.25) is 0 Å². The molecule has 1 aromatic rings. The van der Waals surface area contributed by atoms with Gasteiger partial charge < -0.3 is 76.9 Å². The molecule has 4 saturated heterocycles. The van der Waals surface area contributed by atoms with Gasteiger partial charge in [0, 0.05) is 73.9 Å². The molecule has 25 heteroatoms. The van der Waals surface area contributed by atoms with Crippen LogP contribution in [0.15, 0.2) is 6.07 Å². The third-order valence-electron chi connectivity index (χ3n) is 11.2. The Morgan fingerprint density at radius 2 is 0.944 bits per heavy atom. The number of nitrogens with two attached hydrogens (primary N) is 3. The average Bonchev–Trinajstić information content (AvgIpc) is 4.13. The highest BCUT2D eigenvalue weighted by Crippen LogP contribution is 2.34. The Morgan fingerprint density at radius 1 is 0.549 bits per heavy atom. The summed E-state index contributed by atoms with van der Waals surface area (Å²) < 4.78 is 89.5. The number of ether oxygens (including phenoxy) is 7. The van der Waals surface area contributed by atoms with Crippen LogP contribution in [0.4, 0.5) is 27.2 Å². The minimum absolute atomic E-state index is 0.0464. The molecule has 71 heavy (non-hydrogen) atoms. The molecule has 0 saturated carbocycles. The molecule has 4 aliphatic rings. The molecule has 0 radical (unpaired) electrons. The average molecular weight is 1060 g/mol. The number of benzene rings is 1. The van der Waals surface area contributed by atoms with Crippen LogP contribution in [0.5, 0.6) is 5.75 Å². The Hall–Kier alpha value is -3.24. The second kappa shape index (κ2) is 38.4. The third-order valence-corrected chi connectivity index (χ3v) is 14.2. The first-order valence-electron chi connectivity index (χ1n) is 24.7. The van der Waals surface area contributed by atoms with E-state index in [0.717, 1.165) is 62.9 Å². The fourth-order valence-electron chi connectivity index (χ4n) is 7.47. The number of carbonyl (C=O) groups is 4. The number of rotatable bonds is 36. The summed E-state index contributed by atoms with van der Waals surface area (Å²) in [7, 11) is 0. The molecule has 408 valence electrons. The van der Waals surface area contributed by atoms with E-state index in [0.29, 0.717) is 130 Å². The SMILES string of the molecule is NCCCOCCOCCOCCCN.NCCCOCCOCCOCCCNC(=O)CCCCC1SCC2NC(=O)NC21.O=C1NC2CSC(CCCCC(=O)Oc3c(F)c(F)cc(F)c3F)C2N1. The standard InChI is InChI=1S/C20H38N4O5S.C16H16F4N2O3S.C10H24N2O3/c21-7-3-9-27-11-13-29-14-12-28-10-4-8-22-18(25)6-2-1-5-17-19-16(15-30-17)23-20(26)24-19;17-7-5-8(18)13(20)15(12(7)19)25-11(23)4-2-1-3-10-14-9(6-26-10)21-16(24)22-14;11-3-1-5-13-7-9-15-10-8-14-6-2-4-12/h16-17,19H,1-15,21H2,(H,22,25)(H2,23,24,26);5,9-10,14H,1-4,6H2,(H2,21,22,24);1-12H2. The molecule has 0 bridgehead atoms. The van der Waals surface area contributed by atoms with Crippen molar-refractivity contribution in [3.63, 3.8) is 0 Å². The number of urea groups is 2. The van der Waals surface area contributed by atoms with Crippen LogP contribution in [0.1, 0.15) is 77.0 Å². The molecule has 4 fully saturated rings. The Kier molecular flexibility index (Phi) is 33.5. The molecule has 5 rings (SSSR count). The molecule has 4 aliphatic heterocycles. The van der Waals surface area contributed by atoms with E-state index in [2.05, 4.69) is 31.3 Å². The molecule has 6 unspecified atom stereocenters. The fourth-order valence-corrected chi connectivity index (χ4v) is 10.6. The lowest BCUT2D eigenvalue weighted by molar-refractivity contribution is -0.135. The lowest BCUT2D eigenvalue weighted by Crippen LogP contribution is -2.36. The van der Waals surface area contributed by atoms with Crippen LogP contribution in [0.3, 0.4) is 0 Å². The van der Waals surface area contributed by atoms with Gasteiger partial charge in [0.25, 0.3) is 0 Å². The van der Waals surface area contributed by atoms with Crippen LogP contribution < -0.4 is 48.5 Å². The number of hydrogen-bond donors (Lipinski definition) is 8. The fraction of sp³-hybridized carbons (Fsp3) is 0.783. The Labute approximate surface area is 423 Å². The van der Waals surface area contributed by atoms with E-state index in [1.807, 2.05) is 11.8 Å². The minimum Gasteiger partial charge on any atom is -0.420 e. The second-order valence-electron chi connectivity index (χ2n) is 16.8. The van der Waals surface area contributed by atoms with Gasteiger partial charge in [0.2, 0.25) is 23.3 Å². The van der Waals surface area contributed by atoms with Crippen LogP contribution in [0.25, 0.3) is 0 Å². The minimum atomic E-state index is -1.74. The quantitative estimate of drug-likeness (QED) is 0.0120. The van der Waals surface area contributed by atoms with E-state index < -0.39 is 35.0 Å². The lowest BCUT2D eigenvalue weighted by Gasteiger charge is -2.16. The van der Waals surface area contributed by atoms with Gasteiger partial charge >= 0.3 is 18.0 Å². The summed E-state index contributed by atoms with van der Waals surface area (Å²) in [6.07, 6.45) is 8.58. The maximum absolute atomic E-state index is 13.4. The second-order valence-corrected chi connectivity index (χ2v) is 19.4. The van der Waals surface area contributed by atoms with Crippen molar-refractivity contribution in [2.45, 2.75) is 112 Å². The maximum atomic E-state index is 13.4. The van der Waals surface area contributed by atoms with Gasteiger partial charge in [-0.1, -0.05) is 12.8 Å². The van der Waals surface area contributed by atoms with Crippen LogP contribution in [0, 0.1) is 23.3 Å². The van der Waals surface area contributed by atoms with E-state index in [1.54, 1.807) is 11.8 Å². The highest BCUT2D eigenvalue weighted by Gasteiger charge is 2.43. The van der Waals surface area contributed by atoms with Crippen molar-refractivity contribution in [1.29, 1.82) is 0 Å². The Morgan fingerprint density at radius 3 is 1.37 bits per heavy atom. The van der Waals surface area contributed by atoms with Gasteiger partial charge in [0.05, 0.1) is 77.0 Å². The van der Waals surface area contributed by atoms with Crippen LogP contribution in [-0.2, 0) is 38.0 Å². The Bertz CT molecular complexity index is 1640. The molecule has 11 N–H and O–H groups in total. The first kappa shape index (κ1) is 62.1. The van der Waals surface area contributed by atoms with Gasteiger partial charge in [-0.05, 0) is 71.0 Å². The highest BCUT2D eigenvalue weighted by atomic mass is 32.2. The number of halogens is 4. The summed E-state index contributed by atoms with van der Waals surface area (Å²) in [6, 6.07) is 0.497. The molecule has 1 aromatic carbocycles. The van der Waals surface area contributed by atoms with E-state index in [4.69, 9.17) is 45.6 Å². The number of nitrogens with one attached hydrogen (secondary N) is 5. The number of amides is 5. The molecule has 0 aliphatic carbocycles. The zero-order chi connectivity index (χ0) is 51.5. The molecule has 0 spiro atoms. The molecule has 19 nitrogen and oxygen atoms in total. The maximum Gasteiger partial charge on any atom is 0.315 e. The summed E-state index contributed by atoms with van der Waals surface area (Å²) >= 11 is 3.64. The number of unbranched alkanes of at least 4 members (excludes halogenated alkanes) is 2. The molecular weight excluding hydrogens is 981 g/mol. The van der Waals surface area contributed by atoms with E-state index in [9.17, 15) is 36.7 Å². The van der Waals surface area contributed by atoms with Crippen molar-refractivity contribution in [2.75, 3.05) is 117 Å². The summed E-state index contributed by atoms with van der Waals surface area (Å²) in [5.74, 6) is -7.18. The normalized spacial score (nSPS) is 20.7. The number of fused-ring (bicyclic) bond motifs is 2. The predicted octanol–water partition coefficient (Wildman–Crippen LogP) is 3.23. The first-order chi connectivity index (χ1) is 34.5. The molecule has 4 heterocycles. The van der Waals surface area contributed by atoms with Gasteiger partial charge in [-0.25, -0.2) is 18.4 Å². The van der Waals surface area contributed by atoms with Crippen molar-refractivity contribution in [3.05, 3.63) is 29.3 Å². The molecule has 0 aromatic heterocycles. The van der Waals surface area contributed by atoms with Gasteiger partial charge in [0.1, 0.15) is 0 Å². The summed E-state index contributed by atoms with van der Waals surface area (Å²) in [4.78, 5) is 46.3. The van der Waals surface area contributed by atoms with E-state index >= 15 is 0 Å². The van der Waals surface area contributed by atoms with Gasteiger partial charge in [-0.3, -0.25) is 9.59 Å². The lowest BCUT2D eigenvalue weighted by atomic mass is 10.0. The largest absolute Gasteiger partial charge is 0.420 e. The van der Waals surface area contributed by atoms with Crippen LogP contribution in [-0.4, -0.2) is 176 Å². The van der Waals surface area contributed by atoms with E-state index in [1.165, 1.54) is 0 Å². The molecule has 5 amide bonds. The smallest absolute Gasteiger partial charge is 0.315 e. The van der Waals surface area contributed by atoms with Crippen LogP contribution >= 0.6 is 23.5 Å². The number of hydrogen-bond acceptors (Lipinski definition) is 16. The number of carbonyl (C=O) groups excluding carboxylic acids is 4. The molecule has 6 atom stereocenters. The summed E-state index contributed by atoms with van der Waals surface area (Å²) in [5, 5.41) is 15.3. The van der Waals surface area contributed by atoms with Crippen molar-refractivity contribution >= 4 is 47.5 Å². The number of thioether (sulfide) groups is 2. The van der Waals surface area contributed by atoms with E-state index in [-0.39, 0.29) is 59.9 Å². The third kappa shape index (κ3) is 26.0. The molecular formula is C46H78F4N8O11S2. The summed E-state index contributed by atoms with van der Waals surface area (Å²) in [5.41, 5.74) is 16.0. The zero-order valence-electron chi connectivity index (χ0n) is 40.8. The monoisotopic (exact) mass is 1060 g/mol. The first-order valence-corrected chi connectivity index (χ1v) is 26.8. The van der Waals surface area contributed by atoms with Crippen molar-refractivity contribution in [3.8, 4) is 5.75 Å². The highest BCUT2D eigenvalue weighted by molar-refractivity contribution is 8.00. The van der Waals surface area contributed by atoms with Gasteiger partial charge in [-0.15, -0.1) is 0 Å².